The van der Waals surface area contributed by atoms with E-state index in [1.54, 1.807) is 25.3 Å². The number of nitrogens with one attached hydrogen (secondary N) is 1. The lowest BCUT2D eigenvalue weighted by atomic mass is 9.80. The summed E-state index contributed by atoms with van der Waals surface area (Å²) >= 11 is 0. The van der Waals surface area contributed by atoms with Crippen molar-refractivity contribution in [3.63, 3.8) is 0 Å². The number of benzene rings is 1. The highest BCUT2D eigenvalue weighted by Crippen LogP contribution is 2.29. The Hall–Kier alpha value is -1.71. The van der Waals surface area contributed by atoms with Gasteiger partial charge >= 0.3 is 0 Å². The van der Waals surface area contributed by atoms with Crippen molar-refractivity contribution < 1.29 is 9.53 Å². The highest BCUT2D eigenvalue weighted by molar-refractivity contribution is 5.99. The first kappa shape index (κ1) is 12.7. The largest absolute Gasteiger partial charge is 0.497 e. The fourth-order valence-corrected chi connectivity index (χ4v) is 2.20. The van der Waals surface area contributed by atoms with Gasteiger partial charge in [-0.25, -0.2) is 0 Å². The fourth-order valence-electron chi connectivity index (χ4n) is 2.20. The van der Waals surface area contributed by atoms with Crippen molar-refractivity contribution in [1.29, 1.82) is 0 Å². The molecule has 1 amide bonds. The first-order valence-corrected chi connectivity index (χ1v) is 6.36. The monoisotopic (exact) mass is 248 g/mol. The van der Waals surface area contributed by atoms with Crippen LogP contribution >= 0.6 is 0 Å². The maximum atomic E-state index is 12.1. The SMILES string of the molecule is COc1ccc(N)c(C(=O)NC(C)C2CCC2)c1. The van der Waals surface area contributed by atoms with Crippen LogP contribution in [0.3, 0.4) is 0 Å². The summed E-state index contributed by atoms with van der Waals surface area (Å²) < 4.78 is 5.11. The van der Waals surface area contributed by atoms with E-state index in [1.807, 2.05) is 0 Å². The zero-order valence-electron chi connectivity index (χ0n) is 10.9. The molecule has 0 spiro atoms. The Morgan fingerprint density at radius 3 is 2.78 bits per heavy atom. The van der Waals surface area contributed by atoms with E-state index in [-0.39, 0.29) is 11.9 Å². The predicted molar refractivity (Wildman–Crippen MR) is 71.7 cm³/mol. The summed E-state index contributed by atoms with van der Waals surface area (Å²) in [6.45, 7) is 2.05. The third-order valence-electron chi connectivity index (χ3n) is 3.72. The Bertz CT molecular complexity index is 441. The smallest absolute Gasteiger partial charge is 0.253 e. The van der Waals surface area contributed by atoms with Crippen molar-refractivity contribution in [3.8, 4) is 5.75 Å². The minimum absolute atomic E-state index is 0.120. The lowest BCUT2D eigenvalue weighted by molar-refractivity contribution is 0.0910. The van der Waals surface area contributed by atoms with Crippen LogP contribution in [0.25, 0.3) is 0 Å². The molecule has 0 aromatic heterocycles. The predicted octanol–water partition coefficient (Wildman–Crippen LogP) is 2.20. The second-order valence-electron chi connectivity index (χ2n) is 4.91. The highest BCUT2D eigenvalue weighted by Gasteiger charge is 2.25. The Morgan fingerprint density at radius 2 is 2.22 bits per heavy atom. The molecule has 4 heteroatoms. The van der Waals surface area contributed by atoms with Crippen LogP contribution in [0.5, 0.6) is 5.75 Å². The number of nitrogen functional groups attached to an aromatic ring is 1. The molecule has 0 heterocycles. The van der Waals surface area contributed by atoms with Gasteiger partial charge in [-0.1, -0.05) is 6.42 Å². The van der Waals surface area contributed by atoms with Gasteiger partial charge in [-0.2, -0.15) is 0 Å². The van der Waals surface area contributed by atoms with Crippen LogP contribution in [0.4, 0.5) is 5.69 Å². The van der Waals surface area contributed by atoms with Crippen LogP contribution in [0.15, 0.2) is 18.2 Å². The number of ether oxygens (including phenoxy) is 1. The minimum atomic E-state index is -0.120. The molecule has 1 aliphatic rings. The molecule has 1 atom stereocenters. The van der Waals surface area contributed by atoms with Gasteiger partial charge in [-0.15, -0.1) is 0 Å². The first-order valence-electron chi connectivity index (χ1n) is 6.36. The van der Waals surface area contributed by atoms with Gasteiger partial charge in [0, 0.05) is 11.7 Å². The average Bonchev–Trinajstić information content (AvgIpc) is 2.27. The summed E-state index contributed by atoms with van der Waals surface area (Å²) in [4.78, 5) is 12.1. The number of methoxy groups -OCH3 is 1. The minimum Gasteiger partial charge on any atom is -0.497 e. The molecule has 4 nitrogen and oxygen atoms in total. The summed E-state index contributed by atoms with van der Waals surface area (Å²) in [5, 5.41) is 3.02. The molecular weight excluding hydrogens is 228 g/mol. The molecule has 1 aromatic rings. The van der Waals surface area contributed by atoms with Crippen LogP contribution in [0.1, 0.15) is 36.5 Å². The summed E-state index contributed by atoms with van der Waals surface area (Å²) in [6.07, 6.45) is 3.68. The quantitative estimate of drug-likeness (QED) is 0.803. The van der Waals surface area contributed by atoms with Gasteiger partial charge in [-0.3, -0.25) is 4.79 Å². The number of nitrogens with two attached hydrogens (primary N) is 1. The van der Waals surface area contributed by atoms with E-state index in [0.29, 0.717) is 22.9 Å². The maximum absolute atomic E-state index is 12.1. The molecule has 0 radical (unpaired) electrons. The van der Waals surface area contributed by atoms with Gasteiger partial charge < -0.3 is 15.8 Å². The third kappa shape index (κ3) is 2.58. The number of carbonyl (C=O) groups excluding carboxylic acids is 1. The lowest BCUT2D eigenvalue weighted by Gasteiger charge is -2.32. The Kier molecular flexibility index (Phi) is 3.75. The van der Waals surface area contributed by atoms with Gasteiger partial charge in [0.1, 0.15) is 5.75 Å². The fraction of sp³-hybridized carbons (Fsp3) is 0.500. The van der Waals surface area contributed by atoms with Crippen molar-refractivity contribution in [1.82, 2.24) is 5.32 Å². The molecule has 0 aliphatic heterocycles. The molecule has 1 aliphatic carbocycles. The second-order valence-corrected chi connectivity index (χ2v) is 4.91. The molecule has 1 aromatic carbocycles. The standard InChI is InChI=1S/C14H20N2O2/c1-9(10-4-3-5-10)16-14(17)12-8-11(18-2)6-7-13(12)15/h6-10H,3-5,15H2,1-2H3,(H,16,17). The molecule has 2 rings (SSSR count). The molecule has 98 valence electrons. The van der Waals surface area contributed by atoms with Crippen LogP contribution in [0.2, 0.25) is 0 Å². The number of carbonyl (C=O) groups is 1. The van der Waals surface area contributed by atoms with E-state index in [2.05, 4.69) is 12.2 Å². The van der Waals surface area contributed by atoms with Gasteiger partial charge in [0.2, 0.25) is 0 Å². The van der Waals surface area contributed by atoms with E-state index in [0.717, 1.165) is 0 Å². The first-order chi connectivity index (χ1) is 8.61. The molecular formula is C14H20N2O2. The van der Waals surface area contributed by atoms with E-state index in [1.165, 1.54) is 19.3 Å². The molecule has 3 N–H and O–H groups in total. The zero-order valence-corrected chi connectivity index (χ0v) is 10.9. The molecule has 0 bridgehead atoms. The van der Waals surface area contributed by atoms with Crippen LogP contribution < -0.4 is 15.8 Å². The van der Waals surface area contributed by atoms with Crippen LogP contribution in [0, 0.1) is 5.92 Å². The normalized spacial score (nSPS) is 16.8. The van der Waals surface area contributed by atoms with Gasteiger partial charge in [0.05, 0.1) is 12.7 Å². The second kappa shape index (κ2) is 5.29. The number of hydrogen-bond acceptors (Lipinski definition) is 3. The van der Waals surface area contributed by atoms with E-state index < -0.39 is 0 Å². The summed E-state index contributed by atoms with van der Waals surface area (Å²) in [5.74, 6) is 1.14. The third-order valence-corrected chi connectivity index (χ3v) is 3.72. The van der Waals surface area contributed by atoms with Gasteiger partial charge in [-0.05, 0) is 43.9 Å². The maximum Gasteiger partial charge on any atom is 0.253 e. The molecule has 1 fully saturated rings. The Balaban J connectivity index is 2.07. The lowest BCUT2D eigenvalue weighted by Crippen LogP contribution is -2.40. The molecule has 1 saturated carbocycles. The van der Waals surface area contributed by atoms with Crippen LogP contribution in [-0.4, -0.2) is 19.1 Å². The summed E-state index contributed by atoms with van der Waals surface area (Å²) in [6, 6.07) is 5.33. The molecule has 1 unspecified atom stereocenters. The average molecular weight is 248 g/mol. The van der Waals surface area contributed by atoms with E-state index >= 15 is 0 Å². The summed E-state index contributed by atoms with van der Waals surface area (Å²) in [5.41, 5.74) is 6.79. The zero-order chi connectivity index (χ0) is 13.1. The number of hydrogen-bond donors (Lipinski definition) is 2. The van der Waals surface area contributed by atoms with Gasteiger partial charge in [0.15, 0.2) is 0 Å². The van der Waals surface area contributed by atoms with Crippen molar-refractivity contribution in [2.45, 2.75) is 32.2 Å². The Labute approximate surface area is 108 Å². The Morgan fingerprint density at radius 1 is 1.50 bits per heavy atom. The van der Waals surface area contributed by atoms with Crippen molar-refractivity contribution in [2.24, 2.45) is 5.92 Å². The van der Waals surface area contributed by atoms with Crippen molar-refractivity contribution >= 4 is 11.6 Å². The van der Waals surface area contributed by atoms with Crippen molar-refractivity contribution in [2.75, 3.05) is 12.8 Å². The molecule has 18 heavy (non-hydrogen) atoms. The topological polar surface area (TPSA) is 64.3 Å². The van der Waals surface area contributed by atoms with Gasteiger partial charge in [0.25, 0.3) is 5.91 Å². The highest BCUT2D eigenvalue weighted by atomic mass is 16.5. The summed E-state index contributed by atoms with van der Waals surface area (Å²) in [7, 11) is 1.57. The van der Waals surface area contributed by atoms with Crippen molar-refractivity contribution in [3.05, 3.63) is 23.8 Å². The van der Waals surface area contributed by atoms with E-state index in [4.69, 9.17) is 10.5 Å². The van der Waals surface area contributed by atoms with Crippen LogP contribution in [-0.2, 0) is 0 Å². The number of rotatable bonds is 4. The number of anilines is 1. The molecule has 0 saturated heterocycles. The van der Waals surface area contributed by atoms with E-state index in [9.17, 15) is 4.79 Å². The number of amides is 1.